The minimum absolute atomic E-state index is 0.0363. The molecule has 0 radical (unpaired) electrons. The Bertz CT molecular complexity index is 872. The maximum absolute atomic E-state index is 12.9. The molecule has 1 fully saturated rings. The van der Waals surface area contributed by atoms with Crippen molar-refractivity contribution < 1.29 is 17.6 Å². The largest absolute Gasteiger partial charge is 0.464 e. The molecule has 3 rings (SSSR count). The van der Waals surface area contributed by atoms with Gasteiger partial charge in [-0.05, 0) is 43.9 Å². The third-order valence-electron chi connectivity index (χ3n) is 4.68. The highest BCUT2D eigenvalue weighted by Crippen LogP contribution is 2.28. The van der Waals surface area contributed by atoms with Crippen LogP contribution in [0, 0.1) is 6.92 Å². The van der Waals surface area contributed by atoms with Crippen LogP contribution in [0.1, 0.15) is 29.9 Å². The van der Waals surface area contributed by atoms with Gasteiger partial charge in [-0.2, -0.15) is 4.31 Å². The Labute approximate surface area is 160 Å². The Kier molecular flexibility index (Phi) is 6.01. The quantitative estimate of drug-likeness (QED) is 0.660. The van der Waals surface area contributed by atoms with Gasteiger partial charge < -0.3 is 9.32 Å². The van der Waals surface area contributed by atoms with E-state index < -0.39 is 10.0 Å². The van der Waals surface area contributed by atoms with Crippen molar-refractivity contribution in [3.63, 3.8) is 0 Å². The van der Waals surface area contributed by atoms with E-state index >= 15 is 0 Å². The van der Waals surface area contributed by atoms with Crippen LogP contribution >= 0.6 is 0 Å². The van der Waals surface area contributed by atoms with Gasteiger partial charge in [0, 0.05) is 12.6 Å². The maximum atomic E-state index is 12.9. The van der Waals surface area contributed by atoms with E-state index in [1.165, 1.54) is 10.6 Å². The molecule has 0 N–H and O–H groups in total. The maximum Gasteiger partial charge on any atom is 0.238 e. The van der Waals surface area contributed by atoms with Crippen LogP contribution in [0.3, 0.4) is 0 Å². The molecular formula is C20H26N2O4S. The summed E-state index contributed by atoms with van der Waals surface area (Å²) in [4.78, 5) is 14.6. The zero-order valence-corrected chi connectivity index (χ0v) is 16.6. The van der Waals surface area contributed by atoms with Gasteiger partial charge in [-0.1, -0.05) is 30.3 Å². The summed E-state index contributed by atoms with van der Waals surface area (Å²) in [5, 5.41) is 0. The average molecular weight is 391 g/mol. The van der Waals surface area contributed by atoms with E-state index in [1.54, 1.807) is 4.90 Å². The van der Waals surface area contributed by atoms with E-state index in [2.05, 4.69) is 0 Å². The number of amides is 1. The highest BCUT2D eigenvalue weighted by atomic mass is 32.2. The van der Waals surface area contributed by atoms with Crippen molar-refractivity contribution in [3.05, 3.63) is 59.5 Å². The van der Waals surface area contributed by atoms with Crippen LogP contribution < -0.4 is 0 Å². The summed E-state index contributed by atoms with van der Waals surface area (Å²) in [5.41, 5.74) is 1.13. The molecule has 1 saturated carbocycles. The van der Waals surface area contributed by atoms with Crippen LogP contribution in [0.5, 0.6) is 0 Å². The number of hydrogen-bond acceptors (Lipinski definition) is 4. The number of rotatable bonds is 9. The van der Waals surface area contributed by atoms with E-state index in [1.807, 2.05) is 49.4 Å². The topological polar surface area (TPSA) is 70.8 Å². The van der Waals surface area contributed by atoms with E-state index in [4.69, 9.17) is 4.42 Å². The monoisotopic (exact) mass is 390 g/mol. The van der Waals surface area contributed by atoms with Crippen molar-refractivity contribution in [2.45, 2.75) is 38.8 Å². The van der Waals surface area contributed by atoms with Gasteiger partial charge in [0.2, 0.25) is 15.9 Å². The average Bonchev–Trinajstić information content (AvgIpc) is 3.37. The molecule has 0 spiro atoms. The van der Waals surface area contributed by atoms with E-state index in [9.17, 15) is 13.2 Å². The molecule has 1 aromatic heterocycles. The molecule has 7 heteroatoms. The molecule has 1 heterocycles. The minimum Gasteiger partial charge on any atom is -0.464 e. The molecule has 1 aliphatic rings. The fraction of sp³-hybridized carbons (Fsp3) is 0.450. The number of nitrogens with zero attached hydrogens (tertiary/aromatic N) is 2. The summed E-state index contributed by atoms with van der Waals surface area (Å²) in [5.74, 6) is 1.29. The molecular weight excluding hydrogens is 364 g/mol. The number of sulfonamides is 1. The van der Waals surface area contributed by atoms with Gasteiger partial charge in [0.1, 0.15) is 11.5 Å². The zero-order chi connectivity index (χ0) is 19.4. The van der Waals surface area contributed by atoms with Crippen LogP contribution in [0.25, 0.3) is 0 Å². The van der Waals surface area contributed by atoms with Gasteiger partial charge in [0.15, 0.2) is 0 Å². The van der Waals surface area contributed by atoms with Crippen molar-refractivity contribution in [3.8, 4) is 0 Å². The molecule has 1 amide bonds. The first-order chi connectivity index (χ1) is 12.8. The van der Waals surface area contributed by atoms with E-state index in [0.29, 0.717) is 25.3 Å². The van der Waals surface area contributed by atoms with Gasteiger partial charge in [-0.25, -0.2) is 8.42 Å². The summed E-state index contributed by atoms with van der Waals surface area (Å²) < 4.78 is 31.1. The second kappa shape index (κ2) is 8.27. The second-order valence-corrected chi connectivity index (χ2v) is 9.04. The molecule has 27 heavy (non-hydrogen) atoms. The summed E-state index contributed by atoms with van der Waals surface area (Å²) >= 11 is 0. The second-order valence-electron chi connectivity index (χ2n) is 7.10. The molecule has 6 nitrogen and oxygen atoms in total. The molecule has 0 saturated heterocycles. The van der Waals surface area contributed by atoms with Gasteiger partial charge in [-0.3, -0.25) is 4.79 Å². The number of hydrogen-bond donors (Lipinski definition) is 0. The Hall–Kier alpha value is -2.12. The lowest BCUT2D eigenvalue weighted by atomic mass is 10.1. The lowest BCUT2D eigenvalue weighted by Gasteiger charge is -2.26. The Morgan fingerprint density at radius 2 is 1.85 bits per heavy atom. The molecule has 0 bridgehead atoms. The molecule has 0 atom stereocenters. The molecule has 1 aromatic carbocycles. The number of aryl methyl sites for hydroxylation is 1. The molecule has 146 valence electrons. The van der Waals surface area contributed by atoms with Crippen LogP contribution in [-0.4, -0.2) is 48.9 Å². The SMILES string of the molecule is Cc1ccc(CN(CCc2ccccc2)C(=O)CN(C2CC2)S(C)(=O)=O)o1. The van der Waals surface area contributed by atoms with Crippen LogP contribution in [0.2, 0.25) is 0 Å². The predicted octanol–water partition coefficient (Wildman–Crippen LogP) is 2.58. The van der Waals surface area contributed by atoms with Crippen molar-refractivity contribution in [1.82, 2.24) is 9.21 Å². The van der Waals surface area contributed by atoms with Crippen LogP contribution in [0.4, 0.5) is 0 Å². The summed E-state index contributed by atoms with van der Waals surface area (Å²) in [7, 11) is -3.40. The fourth-order valence-corrected chi connectivity index (χ4v) is 4.17. The van der Waals surface area contributed by atoms with Gasteiger partial charge in [-0.15, -0.1) is 0 Å². The molecule has 0 unspecified atom stereocenters. The fourth-order valence-electron chi connectivity index (χ4n) is 3.07. The predicted molar refractivity (Wildman–Crippen MR) is 104 cm³/mol. The highest BCUT2D eigenvalue weighted by molar-refractivity contribution is 7.88. The first-order valence-electron chi connectivity index (χ1n) is 9.17. The number of carbonyl (C=O) groups excluding carboxylic acids is 1. The summed E-state index contributed by atoms with van der Waals surface area (Å²) in [6.07, 6.45) is 3.51. The number of furan rings is 1. The molecule has 1 aliphatic carbocycles. The van der Waals surface area contributed by atoms with Crippen molar-refractivity contribution >= 4 is 15.9 Å². The van der Waals surface area contributed by atoms with Crippen molar-refractivity contribution in [2.24, 2.45) is 0 Å². The van der Waals surface area contributed by atoms with Gasteiger partial charge in [0.25, 0.3) is 0 Å². The summed E-state index contributed by atoms with van der Waals surface area (Å²) in [6, 6.07) is 13.6. The number of carbonyl (C=O) groups is 1. The zero-order valence-electron chi connectivity index (χ0n) is 15.8. The van der Waals surface area contributed by atoms with Crippen LogP contribution in [-0.2, 0) is 27.8 Å². The normalized spacial score (nSPS) is 14.5. The van der Waals surface area contributed by atoms with Crippen molar-refractivity contribution in [2.75, 3.05) is 19.3 Å². The Morgan fingerprint density at radius 3 is 2.41 bits per heavy atom. The smallest absolute Gasteiger partial charge is 0.238 e. The number of benzene rings is 1. The van der Waals surface area contributed by atoms with Crippen molar-refractivity contribution in [1.29, 1.82) is 0 Å². The lowest BCUT2D eigenvalue weighted by molar-refractivity contribution is -0.132. The Balaban J connectivity index is 1.71. The Morgan fingerprint density at radius 1 is 1.15 bits per heavy atom. The first kappa shape index (κ1) is 19.6. The third-order valence-corrected chi connectivity index (χ3v) is 5.96. The highest BCUT2D eigenvalue weighted by Gasteiger charge is 2.37. The van der Waals surface area contributed by atoms with Crippen LogP contribution in [0.15, 0.2) is 46.9 Å². The summed E-state index contributed by atoms with van der Waals surface area (Å²) in [6.45, 7) is 2.59. The lowest BCUT2D eigenvalue weighted by Crippen LogP contribution is -2.43. The third kappa shape index (κ3) is 5.68. The standard InChI is InChI=1S/C20H26N2O4S/c1-16-8-11-19(26-16)14-21(13-12-17-6-4-3-5-7-17)20(23)15-22(18-9-10-18)27(2,24)25/h3-8,11,18H,9-10,12-15H2,1-2H3. The van der Waals surface area contributed by atoms with E-state index in [-0.39, 0.29) is 18.5 Å². The molecule has 2 aromatic rings. The minimum atomic E-state index is -3.40. The molecule has 0 aliphatic heterocycles. The van der Waals surface area contributed by atoms with E-state index in [0.717, 1.165) is 24.2 Å². The first-order valence-corrected chi connectivity index (χ1v) is 11.0. The van der Waals surface area contributed by atoms with Gasteiger partial charge >= 0.3 is 0 Å². The van der Waals surface area contributed by atoms with Gasteiger partial charge in [0.05, 0.1) is 19.3 Å².